The van der Waals surface area contributed by atoms with E-state index in [9.17, 15) is 13.2 Å². The van der Waals surface area contributed by atoms with Crippen LogP contribution in [0.25, 0.3) is 0 Å². The Morgan fingerprint density at radius 1 is 1.10 bits per heavy atom. The first kappa shape index (κ1) is 13.9. The second kappa shape index (κ2) is 5.66. The number of hydrogen-bond acceptors (Lipinski definition) is 2. The Balaban J connectivity index is 2.37. The molecule has 0 saturated heterocycles. The molecule has 5 heteroatoms. The lowest BCUT2D eigenvalue weighted by molar-refractivity contribution is 0.552. The molecule has 0 fully saturated rings. The summed E-state index contributed by atoms with van der Waals surface area (Å²) in [6.07, 6.45) is 0. The summed E-state index contributed by atoms with van der Waals surface area (Å²) in [5, 5.41) is 11.7. The van der Waals surface area contributed by atoms with E-state index in [0.717, 1.165) is 18.2 Å². The summed E-state index contributed by atoms with van der Waals surface area (Å²) in [7, 11) is 0. The molecule has 0 spiro atoms. The minimum atomic E-state index is -1.24. The molecular formula is C15H11F3N2. The fourth-order valence-electron chi connectivity index (χ4n) is 1.94. The summed E-state index contributed by atoms with van der Waals surface area (Å²) >= 11 is 0. The van der Waals surface area contributed by atoms with Crippen molar-refractivity contribution in [3.63, 3.8) is 0 Å². The summed E-state index contributed by atoms with van der Waals surface area (Å²) in [5.41, 5.74) is 0.548. The number of halogens is 3. The molecule has 102 valence electrons. The molecule has 2 rings (SSSR count). The number of rotatable bonds is 3. The third kappa shape index (κ3) is 2.91. The molecule has 1 N–H and O–H groups in total. The van der Waals surface area contributed by atoms with Crippen molar-refractivity contribution in [2.45, 2.75) is 13.0 Å². The van der Waals surface area contributed by atoms with E-state index in [1.54, 1.807) is 19.1 Å². The second-order valence-corrected chi connectivity index (χ2v) is 4.36. The summed E-state index contributed by atoms with van der Waals surface area (Å²) in [5.74, 6) is -2.13. The Morgan fingerprint density at radius 2 is 1.75 bits per heavy atom. The Labute approximate surface area is 114 Å². The van der Waals surface area contributed by atoms with Crippen molar-refractivity contribution >= 4 is 5.69 Å². The molecule has 0 aliphatic carbocycles. The summed E-state index contributed by atoms with van der Waals surface area (Å²) in [6, 6.07) is 7.96. The van der Waals surface area contributed by atoms with Gasteiger partial charge in [-0.2, -0.15) is 5.26 Å². The largest absolute Gasteiger partial charge is 0.366 e. The number of benzene rings is 2. The average Bonchev–Trinajstić information content (AvgIpc) is 2.36. The lowest BCUT2D eigenvalue weighted by atomic mass is 10.1. The zero-order chi connectivity index (χ0) is 14.7. The number of nitrogens with zero attached hydrogens (tertiary/aromatic N) is 1. The maximum atomic E-state index is 13.6. The molecule has 2 nitrogen and oxygen atoms in total. The lowest BCUT2D eigenvalue weighted by Gasteiger charge is -2.15. The van der Waals surface area contributed by atoms with Gasteiger partial charge in [0.25, 0.3) is 0 Å². The van der Waals surface area contributed by atoms with Crippen molar-refractivity contribution in [1.29, 1.82) is 5.26 Å². The van der Waals surface area contributed by atoms with Gasteiger partial charge in [0.15, 0.2) is 0 Å². The smallest absolute Gasteiger partial charge is 0.145 e. The highest BCUT2D eigenvalue weighted by molar-refractivity contribution is 5.50. The number of anilines is 1. The van der Waals surface area contributed by atoms with Crippen LogP contribution in [-0.2, 0) is 0 Å². The Kier molecular flexibility index (Phi) is 3.94. The van der Waals surface area contributed by atoms with Crippen LogP contribution in [0.2, 0.25) is 0 Å². The van der Waals surface area contributed by atoms with Gasteiger partial charge in [0.05, 0.1) is 11.6 Å². The average molecular weight is 276 g/mol. The van der Waals surface area contributed by atoms with Crippen LogP contribution in [0.1, 0.15) is 17.2 Å². The fourth-order valence-corrected chi connectivity index (χ4v) is 1.94. The van der Waals surface area contributed by atoms with E-state index in [1.165, 1.54) is 12.1 Å². The minimum absolute atomic E-state index is 0.289. The maximum Gasteiger partial charge on any atom is 0.145 e. The van der Waals surface area contributed by atoms with Crippen LogP contribution in [0.3, 0.4) is 0 Å². The molecule has 0 bridgehead atoms. The number of aryl methyl sites for hydroxylation is 1. The van der Waals surface area contributed by atoms with Crippen LogP contribution in [0.5, 0.6) is 0 Å². The maximum absolute atomic E-state index is 13.6. The Hall–Kier alpha value is -2.48. The quantitative estimate of drug-likeness (QED) is 0.916. The SMILES string of the molecule is Cc1cc(F)cc(NC(C#N)c2c(F)cccc2F)c1. The van der Waals surface area contributed by atoms with Crippen molar-refractivity contribution in [3.05, 3.63) is 65.0 Å². The van der Waals surface area contributed by atoms with Gasteiger partial charge in [-0.1, -0.05) is 6.07 Å². The highest BCUT2D eigenvalue weighted by atomic mass is 19.1. The van der Waals surface area contributed by atoms with Crippen molar-refractivity contribution in [2.24, 2.45) is 0 Å². The number of hydrogen-bond donors (Lipinski definition) is 1. The lowest BCUT2D eigenvalue weighted by Crippen LogP contribution is -2.12. The predicted octanol–water partition coefficient (Wildman–Crippen LogP) is 4.09. The zero-order valence-electron chi connectivity index (χ0n) is 10.6. The molecule has 0 radical (unpaired) electrons. The van der Waals surface area contributed by atoms with Gasteiger partial charge in [0, 0.05) is 5.69 Å². The molecule has 1 unspecified atom stereocenters. The molecule has 0 aliphatic rings. The predicted molar refractivity (Wildman–Crippen MR) is 69.5 cm³/mol. The van der Waals surface area contributed by atoms with Gasteiger partial charge in [0.1, 0.15) is 23.5 Å². The van der Waals surface area contributed by atoms with Crippen LogP contribution in [0, 0.1) is 35.7 Å². The van der Waals surface area contributed by atoms with E-state index in [0.29, 0.717) is 5.56 Å². The van der Waals surface area contributed by atoms with Crippen molar-refractivity contribution < 1.29 is 13.2 Å². The molecule has 0 saturated carbocycles. The topological polar surface area (TPSA) is 35.8 Å². The molecule has 2 aromatic rings. The van der Waals surface area contributed by atoms with Crippen LogP contribution < -0.4 is 5.32 Å². The molecule has 0 aromatic heterocycles. The van der Waals surface area contributed by atoms with Gasteiger partial charge in [0.2, 0.25) is 0 Å². The highest BCUT2D eigenvalue weighted by Gasteiger charge is 2.19. The third-order valence-electron chi connectivity index (χ3n) is 2.77. The van der Waals surface area contributed by atoms with Gasteiger partial charge in [-0.05, 0) is 42.8 Å². The molecule has 20 heavy (non-hydrogen) atoms. The van der Waals surface area contributed by atoms with Crippen molar-refractivity contribution in [2.75, 3.05) is 5.32 Å². The molecule has 2 aromatic carbocycles. The number of nitrogens with one attached hydrogen (secondary N) is 1. The van der Waals surface area contributed by atoms with Crippen LogP contribution in [0.4, 0.5) is 18.9 Å². The van der Waals surface area contributed by atoms with Crippen LogP contribution >= 0.6 is 0 Å². The first-order chi connectivity index (χ1) is 9.51. The van der Waals surface area contributed by atoms with E-state index in [4.69, 9.17) is 5.26 Å². The Bertz CT molecular complexity index is 637. The van der Waals surface area contributed by atoms with Gasteiger partial charge < -0.3 is 5.32 Å². The minimum Gasteiger partial charge on any atom is -0.366 e. The normalized spacial score (nSPS) is 11.8. The van der Waals surface area contributed by atoms with E-state index < -0.39 is 23.5 Å². The molecule has 0 heterocycles. The van der Waals surface area contributed by atoms with Gasteiger partial charge >= 0.3 is 0 Å². The summed E-state index contributed by atoms with van der Waals surface area (Å²) in [4.78, 5) is 0. The van der Waals surface area contributed by atoms with E-state index in [-0.39, 0.29) is 11.3 Å². The van der Waals surface area contributed by atoms with Crippen LogP contribution in [-0.4, -0.2) is 0 Å². The van der Waals surface area contributed by atoms with Gasteiger partial charge in [-0.15, -0.1) is 0 Å². The third-order valence-corrected chi connectivity index (χ3v) is 2.77. The molecule has 0 amide bonds. The fraction of sp³-hybridized carbons (Fsp3) is 0.133. The molecule has 0 aliphatic heterocycles. The standard InChI is InChI=1S/C15H11F3N2/c1-9-5-10(16)7-11(6-9)20-14(8-19)15-12(17)3-2-4-13(15)18/h2-7,14,20H,1H3. The van der Waals surface area contributed by atoms with Crippen LogP contribution in [0.15, 0.2) is 36.4 Å². The molecular weight excluding hydrogens is 265 g/mol. The summed E-state index contributed by atoms with van der Waals surface area (Å²) in [6.45, 7) is 1.68. The highest BCUT2D eigenvalue weighted by Crippen LogP contribution is 2.25. The second-order valence-electron chi connectivity index (χ2n) is 4.36. The zero-order valence-corrected chi connectivity index (χ0v) is 10.6. The first-order valence-electron chi connectivity index (χ1n) is 5.88. The Morgan fingerprint density at radius 3 is 2.30 bits per heavy atom. The van der Waals surface area contributed by atoms with E-state index in [2.05, 4.69) is 5.32 Å². The summed E-state index contributed by atoms with van der Waals surface area (Å²) < 4.78 is 40.6. The number of nitriles is 1. The van der Waals surface area contributed by atoms with E-state index in [1.807, 2.05) is 0 Å². The van der Waals surface area contributed by atoms with Gasteiger partial charge in [-0.3, -0.25) is 0 Å². The van der Waals surface area contributed by atoms with Gasteiger partial charge in [-0.25, -0.2) is 13.2 Å². The first-order valence-corrected chi connectivity index (χ1v) is 5.88. The van der Waals surface area contributed by atoms with Crippen molar-refractivity contribution in [1.82, 2.24) is 0 Å². The molecule has 1 atom stereocenters. The monoisotopic (exact) mass is 276 g/mol. The van der Waals surface area contributed by atoms with Crippen molar-refractivity contribution in [3.8, 4) is 6.07 Å². The van der Waals surface area contributed by atoms with E-state index >= 15 is 0 Å².